The Morgan fingerprint density at radius 3 is 2.00 bits per heavy atom. The summed E-state index contributed by atoms with van der Waals surface area (Å²) in [5.74, 6) is 0. The summed E-state index contributed by atoms with van der Waals surface area (Å²) in [7, 11) is 0. The van der Waals surface area contributed by atoms with Crippen molar-refractivity contribution in [3.63, 3.8) is 0 Å². The van der Waals surface area contributed by atoms with Gasteiger partial charge in [0, 0.05) is 0 Å². The summed E-state index contributed by atoms with van der Waals surface area (Å²) < 4.78 is -1.03. The Kier molecular flexibility index (Phi) is 1.58. The first-order valence-corrected chi connectivity index (χ1v) is 2.28. The number of halogens is 1. The second-order valence-electron chi connectivity index (χ2n) is 1.02. The molecule has 0 aromatic heterocycles. The van der Waals surface area contributed by atoms with E-state index in [2.05, 4.69) is 0 Å². The van der Waals surface area contributed by atoms with E-state index < -0.39 is 3.73 Å². The summed E-state index contributed by atoms with van der Waals surface area (Å²) in [6.07, 6.45) is 0. The van der Waals surface area contributed by atoms with Crippen molar-refractivity contribution in [1.82, 2.24) is 0 Å². The SMILES string of the molecule is CC(N)(O)I. The molecule has 0 radical (unpaired) electrons. The standard InChI is InChI=1S/C2H6INO/c1-2(3,4)5/h5H,4H2,1H3. The molecule has 0 amide bonds. The molecule has 0 saturated heterocycles. The van der Waals surface area contributed by atoms with E-state index >= 15 is 0 Å². The van der Waals surface area contributed by atoms with Gasteiger partial charge in [0.25, 0.3) is 0 Å². The molecule has 1 unspecified atom stereocenters. The average Bonchev–Trinajstić information content (AvgIpc) is 0.722. The van der Waals surface area contributed by atoms with Gasteiger partial charge >= 0.3 is 0 Å². The van der Waals surface area contributed by atoms with Crippen LogP contribution in [0.3, 0.4) is 0 Å². The Bertz CT molecular complexity index is 25.1. The highest BCUT2D eigenvalue weighted by Crippen LogP contribution is 2.00. The fourth-order valence-corrected chi connectivity index (χ4v) is 0. The van der Waals surface area contributed by atoms with Gasteiger partial charge in [0.2, 0.25) is 0 Å². The summed E-state index contributed by atoms with van der Waals surface area (Å²) >= 11 is 1.71. The molecule has 0 fully saturated rings. The maximum Gasteiger partial charge on any atom is 0.163 e. The molecule has 1 atom stereocenters. The van der Waals surface area contributed by atoms with Crippen molar-refractivity contribution in [2.75, 3.05) is 0 Å². The Morgan fingerprint density at radius 2 is 2.00 bits per heavy atom. The second-order valence-corrected chi connectivity index (χ2v) is 3.21. The summed E-state index contributed by atoms with van der Waals surface area (Å²) in [6.45, 7) is 1.51. The minimum atomic E-state index is -1.03. The molecule has 0 aromatic rings. The molecular formula is C2H6INO. The van der Waals surface area contributed by atoms with Gasteiger partial charge in [-0.3, -0.25) is 5.73 Å². The normalized spacial score (nSPS) is 21.6. The highest BCUT2D eigenvalue weighted by atomic mass is 127. The van der Waals surface area contributed by atoms with Gasteiger partial charge in [0.15, 0.2) is 3.73 Å². The fraction of sp³-hybridized carbons (Fsp3) is 1.00. The third kappa shape index (κ3) is 77.3. The Balaban J connectivity index is 3.02. The van der Waals surface area contributed by atoms with Crippen molar-refractivity contribution in [1.29, 1.82) is 0 Å². The van der Waals surface area contributed by atoms with Gasteiger partial charge in [0.1, 0.15) is 0 Å². The van der Waals surface area contributed by atoms with E-state index in [1.165, 1.54) is 6.92 Å². The fourth-order valence-electron chi connectivity index (χ4n) is 0. The zero-order chi connectivity index (χ0) is 4.50. The molecule has 3 N–H and O–H groups in total. The van der Waals surface area contributed by atoms with Gasteiger partial charge < -0.3 is 5.11 Å². The van der Waals surface area contributed by atoms with Crippen LogP contribution in [0.15, 0.2) is 0 Å². The lowest BCUT2D eigenvalue weighted by molar-refractivity contribution is 0.185. The number of hydrogen-bond acceptors (Lipinski definition) is 2. The molecule has 0 saturated carbocycles. The molecule has 0 aromatic carbocycles. The molecule has 0 spiro atoms. The van der Waals surface area contributed by atoms with Crippen LogP contribution in [0, 0.1) is 0 Å². The van der Waals surface area contributed by atoms with E-state index in [-0.39, 0.29) is 0 Å². The maximum atomic E-state index is 8.29. The van der Waals surface area contributed by atoms with Gasteiger partial charge in [-0.2, -0.15) is 0 Å². The molecule has 0 aliphatic carbocycles. The van der Waals surface area contributed by atoms with E-state index in [1.54, 1.807) is 22.6 Å². The van der Waals surface area contributed by atoms with Gasteiger partial charge in [-0.05, 0) is 29.5 Å². The Hall–Kier alpha value is 0.650. The van der Waals surface area contributed by atoms with Crippen molar-refractivity contribution in [2.24, 2.45) is 5.73 Å². The summed E-state index contributed by atoms with van der Waals surface area (Å²) in [5.41, 5.74) is 4.90. The van der Waals surface area contributed by atoms with Crippen LogP contribution >= 0.6 is 22.6 Å². The predicted octanol–water partition coefficient (Wildman–Crippen LogP) is 0.0461. The first-order chi connectivity index (χ1) is 2.00. The van der Waals surface area contributed by atoms with Crippen molar-refractivity contribution in [3.8, 4) is 0 Å². The zero-order valence-electron chi connectivity index (χ0n) is 2.90. The lowest BCUT2D eigenvalue weighted by atomic mass is 10.7. The minimum Gasteiger partial charge on any atom is -0.367 e. The number of alkyl halides is 1. The maximum absolute atomic E-state index is 8.29. The molecule has 32 valence electrons. The van der Waals surface area contributed by atoms with Crippen LogP contribution in [0.2, 0.25) is 0 Å². The molecule has 0 bridgehead atoms. The van der Waals surface area contributed by atoms with Crippen LogP contribution in [-0.2, 0) is 0 Å². The first kappa shape index (κ1) is 5.65. The van der Waals surface area contributed by atoms with E-state index in [0.29, 0.717) is 0 Å². The van der Waals surface area contributed by atoms with Gasteiger partial charge in [-0.25, -0.2) is 0 Å². The van der Waals surface area contributed by atoms with E-state index in [9.17, 15) is 0 Å². The topological polar surface area (TPSA) is 46.2 Å². The van der Waals surface area contributed by atoms with Crippen LogP contribution in [0.1, 0.15) is 6.92 Å². The minimum absolute atomic E-state index is 1.03. The Morgan fingerprint density at radius 1 is 2.00 bits per heavy atom. The molecule has 0 rings (SSSR count). The molecule has 0 aliphatic heterocycles. The number of nitrogens with two attached hydrogens (primary N) is 1. The zero-order valence-corrected chi connectivity index (χ0v) is 5.06. The number of rotatable bonds is 0. The predicted molar refractivity (Wildman–Crippen MR) is 28.8 cm³/mol. The Labute approximate surface area is 44.5 Å². The number of aliphatic hydroxyl groups is 1. The third-order valence-corrected chi connectivity index (χ3v) is 0. The van der Waals surface area contributed by atoms with Crippen LogP contribution in [0.25, 0.3) is 0 Å². The highest BCUT2D eigenvalue weighted by Gasteiger charge is 2.01. The van der Waals surface area contributed by atoms with Crippen LogP contribution in [-0.4, -0.2) is 8.84 Å². The van der Waals surface area contributed by atoms with Gasteiger partial charge in [0.05, 0.1) is 0 Å². The lowest BCUT2D eigenvalue weighted by Gasteiger charge is -2.02. The van der Waals surface area contributed by atoms with Crippen LogP contribution < -0.4 is 5.73 Å². The van der Waals surface area contributed by atoms with Gasteiger partial charge in [-0.15, -0.1) is 0 Å². The largest absolute Gasteiger partial charge is 0.367 e. The van der Waals surface area contributed by atoms with E-state index in [4.69, 9.17) is 10.8 Å². The number of hydrogen-bond donors (Lipinski definition) is 2. The highest BCUT2D eigenvalue weighted by molar-refractivity contribution is 14.1. The van der Waals surface area contributed by atoms with Crippen LogP contribution in [0.4, 0.5) is 0 Å². The molecular weight excluding hydrogens is 181 g/mol. The molecule has 0 heterocycles. The average molecular weight is 187 g/mol. The molecule has 3 heteroatoms. The van der Waals surface area contributed by atoms with Crippen LogP contribution in [0.5, 0.6) is 0 Å². The van der Waals surface area contributed by atoms with Crippen molar-refractivity contribution < 1.29 is 5.11 Å². The molecule has 2 nitrogen and oxygen atoms in total. The first-order valence-electron chi connectivity index (χ1n) is 1.20. The van der Waals surface area contributed by atoms with E-state index in [1.807, 2.05) is 0 Å². The molecule has 0 aliphatic rings. The summed E-state index contributed by atoms with van der Waals surface area (Å²) in [6, 6.07) is 0. The molecule has 5 heavy (non-hydrogen) atoms. The van der Waals surface area contributed by atoms with Crippen molar-refractivity contribution >= 4 is 22.6 Å². The van der Waals surface area contributed by atoms with Gasteiger partial charge in [-0.1, -0.05) is 0 Å². The van der Waals surface area contributed by atoms with E-state index in [0.717, 1.165) is 0 Å². The van der Waals surface area contributed by atoms with Crippen molar-refractivity contribution in [2.45, 2.75) is 10.7 Å². The smallest absolute Gasteiger partial charge is 0.163 e. The lowest BCUT2D eigenvalue weighted by Crippen LogP contribution is -2.26. The quantitative estimate of drug-likeness (QED) is 0.243. The monoisotopic (exact) mass is 187 g/mol. The second kappa shape index (κ2) is 1.40. The van der Waals surface area contributed by atoms with Crippen molar-refractivity contribution in [3.05, 3.63) is 0 Å². The summed E-state index contributed by atoms with van der Waals surface area (Å²) in [5, 5.41) is 8.29. The summed E-state index contributed by atoms with van der Waals surface area (Å²) in [4.78, 5) is 0. The third-order valence-electron chi connectivity index (χ3n) is 0.